The minimum absolute atomic E-state index is 0. The predicted molar refractivity (Wildman–Crippen MR) is 123 cm³/mol. The van der Waals surface area contributed by atoms with Crippen molar-refractivity contribution in [2.24, 2.45) is 5.92 Å². The van der Waals surface area contributed by atoms with Gasteiger partial charge in [-0.15, -0.1) is 0 Å². The number of benzene rings is 3. The summed E-state index contributed by atoms with van der Waals surface area (Å²) in [6, 6.07) is 14.9. The van der Waals surface area contributed by atoms with Crippen molar-refractivity contribution in [3.63, 3.8) is 0 Å². The third kappa shape index (κ3) is 4.63. The maximum Gasteiger partial charge on any atom is 0.167 e. The van der Waals surface area contributed by atoms with Crippen molar-refractivity contribution in [3.05, 3.63) is 77.6 Å². The van der Waals surface area contributed by atoms with Crippen LogP contribution in [0.25, 0.3) is 22.3 Å². The van der Waals surface area contributed by atoms with Crippen molar-refractivity contribution in [1.29, 1.82) is 0 Å². The lowest BCUT2D eigenvalue weighted by Crippen LogP contribution is -2.10. The third-order valence-electron chi connectivity index (χ3n) is 6.25. The highest BCUT2D eigenvalue weighted by atomic mass is 19.2. The van der Waals surface area contributed by atoms with Gasteiger partial charge in [-0.2, -0.15) is 0 Å². The predicted octanol–water partition coefficient (Wildman–Crippen LogP) is 8.62. The summed E-state index contributed by atoms with van der Waals surface area (Å²) in [5.41, 5.74) is 2.38. The SMILES string of the molecule is C.COc1ccc(-c2ccc(-c3ccc(C4CCC(C)CC4)cc3)c(F)c2F)cc1F.[HH]. The van der Waals surface area contributed by atoms with Gasteiger partial charge in [-0.3, -0.25) is 0 Å². The Hall–Kier alpha value is -2.75. The van der Waals surface area contributed by atoms with Crippen molar-refractivity contribution in [1.82, 2.24) is 0 Å². The molecule has 31 heavy (non-hydrogen) atoms. The van der Waals surface area contributed by atoms with Crippen LogP contribution in [0.1, 0.15) is 52.9 Å². The van der Waals surface area contributed by atoms with Crippen LogP contribution in [0.15, 0.2) is 54.6 Å². The van der Waals surface area contributed by atoms with Gasteiger partial charge in [0.05, 0.1) is 7.11 Å². The fourth-order valence-corrected chi connectivity index (χ4v) is 4.36. The van der Waals surface area contributed by atoms with Crippen LogP contribution in [0.4, 0.5) is 13.2 Å². The molecule has 0 aliphatic heterocycles. The topological polar surface area (TPSA) is 9.23 Å². The van der Waals surface area contributed by atoms with Gasteiger partial charge in [-0.05, 0) is 53.5 Å². The maximum absolute atomic E-state index is 14.9. The second kappa shape index (κ2) is 9.59. The van der Waals surface area contributed by atoms with Crippen LogP contribution in [0.3, 0.4) is 0 Å². The van der Waals surface area contributed by atoms with Crippen LogP contribution in [0.2, 0.25) is 0 Å². The molecule has 4 heteroatoms. The summed E-state index contributed by atoms with van der Waals surface area (Å²) in [6.07, 6.45) is 4.83. The second-order valence-electron chi connectivity index (χ2n) is 8.22. The molecule has 3 aromatic carbocycles. The molecule has 0 unspecified atom stereocenters. The molecule has 1 nitrogen and oxygen atoms in total. The summed E-state index contributed by atoms with van der Waals surface area (Å²) in [4.78, 5) is 0. The highest BCUT2D eigenvalue weighted by molar-refractivity contribution is 5.72. The fraction of sp³-hybridized carbons (Fsp3) is 0.333. The molecule has 0 heterocycles. The van der Waals surface area contributed by atoms with E-state index in [4.69, 9.17) is 4.74 Å². The van der Waals surface area contributed by atoms with E-state index >= 15 is 0 Å². The van der Waals surface area contributed by atoms with Gasteiger partial charge in [0, 0.05) is 12.6 Å². The minimum Gasteiger partial charge on any atom is -0.494 e. The van der Waals surface area contributed by atoms with E-state index in [0.717, 1.165) is 12.0 Å². The first-order chi connectivity index (χ1) is 14.5. The summed E-state index contributed by atoms with van der Waals surface area (Å²) < 4.78 is 48.6. The smallest absolute Gasteiger partial charge is 0.167 e. The molecule has 0 spiro atoms. The Bertz CT molecular complexity index is 1040. The number of hydrogen-bond acceptors (Lipinski definition) is 1. The molecule has 166 valence electrons. The zero-order valence-electron chi connectivity index (χ0n) is 17.2. The molecule has 0 atom stereocenters. The van der Waals surface area contributed by atoms with E-state index in [0.29, 0.717) is 11.5 Å². The zero-order chi connectivity index (χ0) is 21.3. The van der Waals surface area contributed by atoms with Crippen LogP contribution in [0.5, 0.6) is 5.75 Å². The molecule has 0 N–H and O–H groups in total. The minimum atomic E-state index is -0.984. The lowest BCUT2D eigenvalue weighted by atomic mass is 9.79. The Morgan fingerprint density at radius 3 is 1.87 bits per heavy atom. The van der Waals surface area contributed by atoms with E-state index in [1.54, 1.807) is 6.07 Å². The van der Waals surface area contributed by atoms with E-state index in [-0.39, 0.29) is 31.3 Å². The molecule has 0 radical (unpaired) electrons. The molecule has 0 bridgehead atoms. The van der Waals surface area contributed by atoms with Crippen LogP contribution in [-0.4, -0.2) is 7.11 Å². The number of rotatable bonds is 4. The average molecular weight is 429 g/mol. The molecule has 1 aliphatic rings. The lowest BCUT2D eigenvalue weighted by Gasteiger charge is -2.26. The molecule has 1 aliphatic carbocycles. The molecule has 4 rings (SSSR count). The maximum atomic E-state index is 14.9. The Morgan fingerprint density at radius 1 is 0.774 bits per heavy atom. The van der Waals surface area contributed by atoms with Gasteiger partial charge in [0.15, 0.2) is 23.2 Å². The van der Waals surface area contributed by atoms with Crippen LogP contribution >= 0.6 is 0 Å². The molecule has 0 amide bonds. The standard InChI is InChI=1S/C26H25F3O.CH4.H2/c1-16-3-5-17(6-4-16)18-7-9-19(10-8-18)21-12-13-22(26(29)25(21)28)20-11-14-24(30-2)23(27)15-20;;/h7-17H,3-6H2,1-2H3;1H4;1H. The molecule has 0 saturated heterocycles. The quantitative estimate of drug-likeness (QED) is 0.404. The van der Waals surface area contributed by atoms with Crippen molar-refractivity contribution in [2.45, 2.75) is 46.0 Å². The molecule has 0 aromatic heterocycles. The molecule has 1 saturated carbocycles. The van der Waals surface area contributed by atoms with Crippen LogP contribution < -0.4 is 4.74 Å². The highest BCUT2D eigenvalue weighted by Gasteiger charge is 2.21. The number of ether oxygens (including phenoxy) is 1. The first kappa shape index (κ1) is 22.9. The first-order valence-corrected chi connectivity index (χ1v) is 10.4. The van der Waals surface area contributed by atoms with Gasteiger partial charge in [0.25, 0.3) is 0 Å². The van der Waals surface area contributed by atoms with E-state index < -0.39 is 17.5 Å². The van der Waals surface area contributed by atoms with Gasteiger partial charge in [-0.1, -0.05) is 69.7 Å². The summed E-state index contributed by atoms with van der Waals surface area (Å²) in [5, 5.41) is 0. The number of hydrogen-bond donors (Lipinski definition) is 0. The number of methoxy groups -OCH3 is 1. The normalized spacial score (nSPS) is 18.4. The largest absolute Gasteiger partial charge is 0.494 e. The molecular formula is C27H31F3O. The summed E-state index contributed by atoms with van der Waals surface area (Å²) in [6.45, 7) is 2.29. The Balaban J connectivity index is 0.00000181. The van der Waals surface area contributed by atoms with Gasteiger partial charge in [0.1, 0.15) is 0 Å². The summed E-state index contributed by atoms with van der Waals surface area (Å²) >= 11 is 0. The van der Waals surface area contributed by atoms with Crippen LogP contribution in [0, 0.1) is 23.4 Å². The monoisotopic (exact) mass is 428 g/mol. The summed E-state index contributed by atoms with van der Waals surface area (Å²) in [5.74, 6) is -1.14. The number of halogens is 3. The van der Waals surface area contributed by atoms with Gasteiger partial charge in [-0.25, -0.2) is 13.2 Å². The van der Waals surface area contributed by atoms with E-state index in [2.05, 4.69) is 6.92 Å². The molecule has 1 fully saturated rings. The van der Waals surface area contributed by atoms with Crippen molar-refractivity contribution >= 4 is 0 Å². The fourth-order valence-electron chi connectivity index (χ4n) is 4.36. The van der Waals surface area contributed by atoms with E-state index in [1.807, 2.05) is 24.3 Å². The zero-order valence-corrected chi connectivity index (χ0v) is 17.2. The second-order valence-corrected chi connectivity index (χ2v) is 8.22. The molecule has 3 aromatic rings. The third-order valence-corrected chi connectivity index (χ3v) is 6.25. The average Bonchev–Trinajstić information content (AvgIpc) is 2.76. The van der Waals surface area contributed by atoms with Crippen molar-refractivity contribution in [2.75, 3.05) is 7.11 Å². The van der Waals surface area contributed by atoms with Gasteiger partial charge < -0.3 is 4.74 Å². The van der Waals surface area contributed by atoms with E-state index in [1.165, 1.54) is 56.6 Å². The lowest BCUT2D eigenvalue weighted by molar-refractivity contribution is 0.348. The van der Waals surface area contributed by atoms with E-state index in [9.17, 15) is 13.2 Å². The summed E-state index contributed by atoms with van der Waals surface area (Å²) in [7, 11) is 1.35. The van der Waals surface area contributed by atoms with Crippen LogP contribution in [-0.2, 0) is 0 Å². The Labute approximate surface area is 184 Å². The van der Waals surface area contributed by atoms with Gasteiger partial charge in [0.2, 0.25) is 0 Å². The van der Waals surface area contributed by atoms with Crippen molar-refractivity contribution < 1.29 is 19.3 Å². The van der Waals surface area contributed by atoms with Crippen molar-refractivity contribution in [3.8, 4) is 28.0 Å². The molecular weight excluding hydrogens is 397 g/mol. The first-order valence-electron chi connectivity index (χ1n) is 10.4. The highest BCUT2D eigenvalue weighted by Crippen LogP contribution is 2.37. The Morgan fingerprint density at radius 2 is 1.32 bits per heavy atom. The van der Waals surface area contributed by atoms with Gasteiger partial charge >= 0.3 is 0 Å². The Kier molecular flexibility index (Phi) is 7.09.